The van der Waals surface area contributed by atoms with E-state index in [1.54, 1.807) is 0 Å². The van der Waals surface area contributed by atoms with Gasteiger partial charge in [-0.15, -0.1) is 0 Å². The highest BCUT2D eigenvalue weighted by Gasteiger charge is 2.30. The molecule has 0 unspecified atom stereocenters. The molecule has 27 heavy (non-hydrogen) atoms. The van der Waals surface area contributed by atoms with Crippen LogP contribution in [0.4, 0.5) is 5.69 Å². The lowest BCUT2D eigenvalue weighted by Gasteiger charge is -2.14. The van der Waals surface area contributed by atoms with Crippen molar-refractivity contribution < 1.29 is 23.9 Å². The first-order chi connectivity index (χ1) is 13.0. The maximum Gasteiger partial charge on any atom is 0.338 e. The molecular weight excluding hydrogens is 348 g/mol. The molecular formula is C20H18N2O5. The first-order valence-electron chi connectivity index (χ1n) is 8.48. The fourth-order valence-corrected chi connectivity index (χ4v) is 2.67. The molecule has 3 rings (SSSR count). The second kappa shape index (κ2) is 8.27. The fraction of sp³-hybridized carbons (Fsp3) is 0.200. The van der Waals surface area contributed by atoms with Gasteiger partial charge < -0.3 is 10.1 Å². The van der Waals surface area contributed by atoms with Crippen molar-refractivity contribution in [1.82, 2.24) is 5.32 Å². The van der Waals surface area contributed by atoms with Crippen LogP contribution >= 0.6 is 0 Å². The molecule has 1 fully saturated rings. The Balaban J connectivity index is 1.50. The van der Waals surface area contributed by atoms with Gasteiger partial charge in [-0.2, -0.15) is 0 Å². The first kappa shape index (κ1) is 18.3. The first-order valence-corrected chi connectivity index (χ1v) is 8.48. The van der Waals surface area contributed by atoms with Crippen LogP contribution in [0.25, 0.3) is 0 Å². The minimum atomic E-state index is -0.657. The summed E-state index contributed by atoms with van der Waals surface area (Å²) >= 11 is 0. The Hall–Kier alpha value is -3.48. The lowest BCUT2D eigenvalue weighted by Crippen LogP contribution is -2.29. The number of anilines is 1. The molecule has 0 radical (unpaired) electrons. The summed E-state index contributed by atoms with van der Waals surface area (Å²) in [6.45, 7) is -0.0413. The van der Waals surface area contributed by atoms with Crippen LogP contribution in [0.15, 0.2) is 54.6 Å². The van der Waals surface area contributed by atoms with Crippen molar-refractivity contribution in [1.29, 1.82) is 0 Å². The molecule has 7 heteroatoms. The molecule has 0 aromatic heterocycles. The van der Waals surface area contributed by atoms with E-state index in [2.05, 4.69) is 5.32 Å². The standard InChI is InChI=1S/C20H18N2O5/c23-17(21-12-14-4-2-1-3-5-14)13-27-20(26)15-6-8-16(9-7-15)22-18(24)10-11-19(22)25/h1-9H,10-13H2,(H,21,23). The average molecular weight is 366 g/mol. The zero-order chi connectivity index (χ0) is 19.2. The number of nitrogens with one attached hydrogen (secondary N) is 1. The monoisotopic (exact) mass is 366 g/mol. The van der Waals surface area contributed by atoms with E-state index in [9.17, 15) is 19.2 Å². The van der Waals surface area contributed by atoms with Crippen LogP contribution in [0, 0.1) is 0 Å². The molecule has 1 aliphatic heterocycles. The molecule has 1 saturated heterocycles. The third-order valence-corrected chi connectivity index (χ3v) is 4.08. The van der Waals surface area contributed by atoms with Crippen LogP contribution < -0.4 is 10.2 Å². The number of ether oxygens (including phenoxy) is 1. The van der Waals surface area contributed by atoms with Gasteiger partial charge in [-0.1, -0.05) is 30.3 Å². The molecule has 1 aliphatic rings. The van der Waals surface area contributed by atoms with Crippen molar-refractivity contribution in [3.8, 4) is 0 Å². The summed E-state index contributed by atoms with van der Waals surface area (Å²) in [4.78, 5) is 48.3. The van der Waals surface area contributed by atoms with Crippen LogP contribution in [0.1, 0.15) is 28.8 Å². The molecule has 0 bridgehead atoms. The highest BCUT2D eigenvalue weighted by atomic mass is 16.5. The van der Waals surface area contributed by atoms with E-state index < -0.39 is 18.5 Å². The quantitative estimate of drug-likeness (QED) is 0.622. The number of carbonyl (C=O) groups is 4. The van der Waals surface area contributed by atoms with Gasteiger partial charge in [0, 0.05) is 19.4 Å². The fourth-order valence-electron chi connectivity index (χ4n) is 2.67. The molecule has 3 amide bonds. The third-order valence-electron chi connectivity index (χ3n) is 4.08. The van der Waals surface area contributed by atoms with E-state index in [1.807, 2.05) is 30.3 Å². The number of rotatable bonds is 6. The minimum Gasteiger partial charge on any atom is -0.452 e. The molecule has 1 N–H and O–H groups in total. The summed E-state index contributed by atoms with van der Waals surface area (Å²) < 4.78 is 4.99. The number of hydrogen-bond donors (Lipinski definition) is 1. The maximum atomic E-state index is 12.0. The lowest BCUT2D eigenvalue weighted by molar-refractivity contribution is -0.124. The van der Waals surface area contributed by atoms with E-state index in [4.69, 9.17) is 4.74 Å². The summed E-state index contributed by atoms with van der Waals surface area (Å²) in [6, 6.07) is 15.3. The number of imide groups is 1. The molecule has 0 atom stereocenters. The van der Waals surface area contributed by atoms with Gasteiger partial charge in [-0.25, -0.2) is 4.79 Å². The van der Waals surface area contributed by atoms with Crippen LogP contribution in [-0.4, -0.2) is 30.3 Å². The van der Waals surface area contributed by atoms with Gasteiger partial charge >= 0.3 is 5.97 Å². The number of nitrogens with zero attached hydrogens (tertiary/aromatic N) is 1. The predicted molar refractivity (Wildman–Crippen MR) is 96.7 cm³/mol. The number of benzene rings is 2. The molecule has 0 spiro atoms. The Labute approximate surface area is 155 Å². The van der Waals surface area contributed by atoms with Gasteiger partial charge in [0.05, 0.1) is 11.3 Å². The Morgan fingerprint density at radius 1 is 0.926 bits per heavy atom. The normalized spacial score (nSPS) is 13.6. The lowest BCUT2D eigenvalue weighted by atomic mass is 10.2. The maximum absolute atomic E-state index is 12.0. The van der Waals surface area contributed by atoms with Crippen LogP contribution in [0.5, 0.6) is 0 Å². The summed E-state index contributed by atoms with van der Waals surface area (Å²) in [5, 5.41) is 2.66. The number of esters is 1. The largest absolute Gasteiger partial charge is 0.452 e. The van der Waals surface area contributed by atoms with Crippen molar-refractivity contribution in [2.45, 2.75) is 19.4 Å². The van der Waals surface area contributed by atoms with E-state index in [0.29, 0.717) is 12.2 Å². The second-order valence-electron chi connectivity index (χ2n) is 6.01. The highest BCUT2D eigenvalue weighted by molar-refractivity contribution is 6.19. The van der Waals surface area contributed by atoms with Crippen LogP contribution in [0.2, 0.25) is 0 Å². The number of amides is 3. The Kier molecular flexibility index (Phi) is 5.61. The smallest absolute Gasteiger partial charge is 0.338 e. The molecule has 138 valence electrons. The van der Waals surface area contributed by atoms with Crippen molar-refractivity contribution in [3.63, 3.8) is 0 Å². The molecule has 2 aromatic rings. The summed E-state index contributed by atoms with van der Waals surface area (Å²) in [5.74, 6) is -1.58. The SMILES string of the molecule is O=C(COC(=O)c1ccc(N2C(=O)CCC2=O)cc1)NCc1ccccc1. The van der Waals surface area contributed by atoms with Crippen molar-refractivity contribution >= 4 is 29.4 Å². The van der Waals surface area contributed by atoms with Crippen LogP contribution in [-0.2, 0) is 25.7 Å². The van der Waals surface area contributed by atoms with Crippen LogP contribution in [0.3, 0.4) is 0 Å². The molecule has 7 nitrogen and oxygen atoms in total. The van der Waals surface area contributed by atoms with E-state index in [1.165, 1.54) is 24.3 Å². The third kappa shape index (κ3) is 4.58. The van der Waals surface area contributed by atoms with Crippen molar-refractivity contribution in [2.24, 2.45) is 0 Å². The molecule has 2 aromatic carbocycles. The number of carbonyl (C=O) groups excluding carboxylic acids is 4. The number of hydrogen-bond acceptors (Lipinski definition) is 5. The average Bonchev–Trinajstić information content (AvgIpc) is 3.03. The van der Waals surface area contributed by atoms with Crippen molar-refractivity contribution in [3.05, 3.63) is 65.7 Å². The van der Waals surface area contributed by atoms with Gasteiger partial charge in [0.25, 0.3) is 5.91 Å². The van der Waals surface area contributed by atoms with E-state index in [-0.39, 0.29) is 30.2 Å². The summed E-state index contributed by atoms with van der Waals surface area (Å²) in [6.07, 6.45) is 0.390. The van der Waals surface area contributed by atoms with Gasteiger partial charge in [-0.3, -0.25) is 19.3 Å². The minimum absolute atomic E-state index is 0.195. The summed E-state index contributed by atoms with van der Waals surface area (Å²) in [7, 11) is 0. The molecule has 0 aliphatic carbocycles. The Bertz CT molecular complexity index is 846. The highest BCUT2D eigenvalue weighted by Crippen LogP contribution is 2.22. The Morgan fingerprint density at radius 2 is 1.56 bits per heavy atom. The van der Waals surface area contributed by atoms with E-state index in [0.717, 1.165) is 10.5 Å². The topological polar surface area (TPSA) is 92.8 Å². The zero-order valence-corrected chi connectivity index (χ0v) is 14.5. The van der Waals surface area contributed by atoms with Gasteiger partial charge in [-0.05, 0) is 29.8 Å². The Morgan fingerprint density at radius 3 is 2.19 bits per heavy atom. The van der Waals surface area contributed by atoms with Gasteiger partial charge in [0.1, 0.15) is 0 Å². The predicted octanol–water partition coefficient (Wildman–Crippen LogP) is 1.81. The summed E-state index contributed by atoms with van der Waals surface area (Å²) in [5.41, 5.74) is 1.59. The van der Waals surface area contributed by atoms with E-state index >= 15 is 0 Å². The van der Waals surface area contributed by atoms with Crippen molar-refractivity contribution in [2.75, 3.05) is 11.5 Å². The van der Waals surface area contributed by atoms with Gasteiger partial charge in [0.15, 0.2) is 6.61 Å². The zero-order valence-electron chi connectivity index (χ0n) is 14.5. The molecule has 0 saturated carbocycles. The second-order valence-corrected chi connectivity index (χ2v) is 6.01. The molecule has 1 heterocycles. The van der Waals surface area contributed by atoms with Gasteiger partial charge in [0.2, 0.25) is 11.8 Å².